The molecule has 2 atom stereocenters. The Bertz CT molecular complexity index is 678. The van der Waals surface area contributed by atoms with Gasteiger partial charge in [0.05, 0.1) is 6.26 Å². The van der Waals surface area contributed by atoms with Gasteiger partial charge in [0.25, 0.3) is 0 Å². The highest BCUT2D eigenvalue weighted by atomic mass is 19.1. The van der Waals surface area contributed by atoms with Crippen LogP contribution in [0.5, 0.6) is 0 Å². The van der Waals surface area contributed by atoms with Crippen molar-refractivity contribution in [3.63, 3.8) is 0 Å². The molecular weight excluding hydrogens is 253 g/mol. The summed E-state index contributed by atoms with van der Waals surface area (Å²) in [5.74, 6) is -4.34. The lowest BCUT2D eigenvalue weighted by molar-refractivity contribution is -0.145. The maximum absolute atomic E-state index is 14.0. The Morgan fingerprint density at radius 1 is 1.47 bits per heavy atom. The quantitative estimate of drug-likeness (QED) is 0.804. The molecule has 0 saturated carbocycles. The Labute approximate surface area is 107 Å². The molecule has 0 spiro atoms. The van der Waals surface area contributed by atoms with Crippen molar-refractivity contribution in [2.75, 3.05) is 6.54 Å². The molecule has 19 heavy (non-hydrogen) atoms. The van der Waals surface area contributed by atoms with E-state index in [1.165, 1.54) is 18.4 Å². The zero-order valence-electron chi connectivity index (χ0n) is 9.72. The lowest BCUT2D eigenvalue weighted by Gasteiger charge is -2.14. The third-order valence-electron chi connectivity index (χ3n) is 3.42. The van der Waals surface area contributed by atoms with Crippen molar-refractivity contribution in [1.82, 2.24) is 5.32 Å². The first-order chi connectivity index (χ1) is 9.08. The maximum atomic E-state index is 14.0. The molecule has 1 saturated heterocycles. The SMILES string of the molecule is O=C(O)[C@H]1C(=O)NC[C@@H]1c1cc2ccoc2cc1F. The monoisotopic (exact) mass is 263 g/mol. The number of carbonyl (C=O) groups is 2. The molecule has 2 aromatic rings. The second kappa shape index (κ2) is 4.08. The number of amides is 1. The summed E-state index contributed by atoms with van der Waals surface area (Å²) in [6.45, 7) is 0.121. The predicted molar refractivity (Wildman–Crippen MR) is 63.0 cm³/mol. The fourth-order valence-electron chi connectivity index (χ4n) is 2.48. The van der Waals surface area contributed by atoms with Crippen molar-refractivity contribution >= 4 is 22.8 Å². The van der Waals surface area contributed by atoms with Crippen LogP contribution in [0.2, 0.25) is 0 Å². The molecule has 1 aromatic heterocycles. The number of rotatable bonds is 2. The summed E-state index contributed by atoms with van der Waals surface area (Å²) in [6.07, 6.45) is 1.43. The Kier molecular flexibility index (Phi) is 2.51. The van der Waals surface area contributed by atoms with Crippen molar-refractivity contribution < 1.29 is 23.5 Å². The minimum absolute atomic E-state index is 0.121. The fraction of sp³-hybridized carbons (Fsp3) is 0.231. The van der Waals surface area contributed by atoms with Gasteiger partial charge in [-0.3, -0.25) is 9.59 Å². The van der Waals surface area contributed by atoms with E-state index < -0.39 is 29.5 Å². The molecule has 0 unspecified atom stereocenters. The molecule has 0 aliphatic carbocycles. The van der Waals surface area contributed by atoms with Crippen LogP contribution in [0.25, 0.3) is 11.0 Å². The first kappa shape index (κ1) is 11.7. The molecule has 5 nitrogen and oxygen atoms in total. The van der Waals surface area contributed by atoms with Gasteiger partial charge in [0.1, 0.15) is 17.3 Å². The highest BCUT2D eigenvalue weighted by molar-refractivity contribution is 6.00. The van der Waals surface area contributed by atoms with Crippen LogP contribution in [-0.4, -0.2) is 23.5 Å². The van der Waals surface area contributed by atoms with E-state index in [0.29, 0.717) is 11.0 Å². The number of carboxylic acid groups (broad SMARTS) is 1. The summed E-state index contributed by atoms with van der Waals surface area (Å²) >= 11 is 0. The summed E-state index contributed by atoms with van der Waals surface area (Å²) in [7, 11) is 0. The number of carboxylic acids is 1. The van der Waals surface area contributed by atoms with Crippen LogP contribution >= 0.6 is 0 Å². The van der Waals surface area contributed by atoms with E-state index in [9.17, 15) is 14.0 Å². The summed E-state index contributed by atoms with van der Waals surface area (Å²) in [5.41, 5.74) is 0.616. The second-order valence-electron chi connectivity index (χ2n) is 4.50. The van der Waals surface area contributed by atoms with Gasteiger partial charge in [0.15, 0.2) is 0 Å². The number of halogens is 1. The van der Waals surface area contributed by atoms with Crippen molar-refractivity contribution in [3.05, 3.63) is 35.8 Å². The third kappa shape index (κ3) is 1.76. The van der Waals surface area contributed by atoms with E-state index in [4.69, 9.17) is 9.52 Å². The highest BCUT2D eigenvalue weighted by Gasteiger charge is 2.42. The largest absolute Gasteiger partial charge is 0.481 e. The van der Waals surface area contributed by atoms with Crippen LogP contribution in [0.1, 0.15) is 11.5 Å². The van der Waals surface area contributed by atoms with Gasteiger partial charge in [-0.05, 0) is 17.7 Å². The van der Waals surface area contributed by atoms with E-state index >= 15 is 0 Å². The normalized spacial score (nSPS) is 22.7. The highest BCUT2D eigenvalue weighted by Crippen LogP contribution is 2.33. The van der Waals surface area contributed by atoms with Crippen LogP contribution in [0, 0.1) is 11.7 Å². The van der Waals surface area contributed by atoms with Crippen LogP contribution in [0.4, 0.5) is 4.39 Å². The van der Waals surface area contributed by atoms with E-state index in [2.05, 4.69) is 5.32 Å². The molecule has 1 amide bonds. The molecule has 3 rings (SSSR count). The van der Waals surface area contributed by atoms with Crippen molar-refractivity contribution in [2.24, 2.45) is 5.92 Å². The van der Waals surface area contributed by atoms with E-state index in [1.807, 2.05) is 0 Å². The number of aliphatic carboxylic acids is 1. The standard InChI is InChI=1S/C13H10FNO4/c14-9-4-10-6(1-2-19-10)3-7(9)8-5-15-12(16)11(8)13(17)18/h1-4,8,11H,5H2,(H,15,16)(H,17,18)/t8-,11-/m1/s1. The van der Waals surface area contributed by atoms with Gasteiger partial charge >= 0.3 is 5.97 Å². The van der Waals surface area contributed by atoms with Crippen molar-refractivity contribution in [3.8, 4) is 0 Å². The lowest BCUT2D eigenvalue weighted by Crippen LogP contribution is -2.27. The zero-order valence-corrected chi connectivity index (χ0v) is 9.72. The minimum Gasteiger partial charge on any atom is -0.481 e. The average Bonchev–Trinajstić information content (AvgIpc) is 2.93. The van der Waals surface area contributed by atoms with Crippen LogP contribution < -0.4 is 5.32 Å². The topological polar surface area (TPSA) is 79.5 Å². The Morgan fingerprint density at radius 3 is 3.00 bits per heavy atom. The first-order valence-electron chi connectivity index (χ1n) is 5.75. The van der Waals surface area contributed by atoms with Gasteiger partial charge in [-0.25, -0.2) is 4.39 Å². The summed E-state index contributed by atoms with van der Waals surface area (Å²) in [6, 6.07) is 4.42. The molecule has 1 fully saturated rings. The molecule has 2 N–H and O–H groups in total. The minimum atomic E-state index is -1.25. The zero-order chi connectivity index (χ0) is 13.6. The molecule has 1 aliphatic heterocycles. The predicted octanol–water partition coefficient (Wildman–Crippen LogP) is 1.49. The number of nitrogens with one attached hydrogen (secondary N) is 1. The number of benzene rings is 1. The van der Waals surface area contributed by atoms with Crippen LogP contribution in [0.3, 0.4) is 0 Å². The Morgan fingerprint density at radius 2 is 2.26 bits per heavy atom. The van der Waals surface area contributed by atoms with Crippen molar-refractivity contribution in [2.45, 2.75) is 5.92 Å². The number of hydrogen-bond acceptors (Lipinski definition) is 3. The summed E-state index contributed by atoms with van der Waals surface area (Å²) < 4.78 is 19.1. The van der Waals surface area contributed by atoms with Gasteiger partial charge in [-0.2, -0.15) is 0 Å². The first-order valence-corrected chi connectivity index (χ1v) is 5.75. The maximum Gasteiger partial charge on any atom is 0.316 e. The molecule has 2 heterocycles. The van der Waals surface area contributed by atoms with Crippen LogP contribution in [0.15, 0.2) is 28.9 Å². The summed E-state index contributed by atoms with van der Waals surface area (Å²) in [5, 5.41) is 12.2. The molecule has 6 heteroatoms. The Balaban J connectivity index is 2.10. The average molecular weight is 263 g/mol. The number of hydrogen-bond donors (Lipinski definition) is 2. The van der Waals surface area contributed by atoms with Gasteiger partial charge in [-0.1, -0.05) is 0 Å². The molecular formula is C13H10FNO4. The third-order valence-corrected chi connectivity index (χ3v) is 3.42. The fourth-order valence-corrected chi connectivity index (χ4v) is 2.48. The Hall–Kier alpha value is -2.37. The van der Waals surface area contributed by atoms with Gasteiger partial charge in [0.2, 0.25) is 5.91 Å². The van der Waals surface area contributed by atoms with Crippen molar-refractivity contribution in [1.29, 1.82) is 0 Å². The van der Waals surface area contributed by atoms with Gasteiger partial charge in [0, 0.05) is 23.9 Å². The smallest absolute Gasteiger partial charge is 0.316 e. The number of fused-ring (bicyclic) bond motifs is 1. The van der Waals surface area contributed by atoms with Crippen LogP contribution in [-0.2, 0) is 9.59 Å². The molecule has 0 radical (unpaired) electrons. The van der Waals surface area contributed by atoms with E-state index in [-0.39, 0.29) is 12.1 Å². The second-order valence-corrected chi connectivity index (χ2v) is 4.50. The van der Waals surface area contributed by atoms with Gasteiger partial charge in [-0.15, -0.1) is 0 Å². The van der Waals surface area contributed by atoms with Gasteiger partial charge < -0.3 is 14.8 Å². The van der Waals surface area contributed by atoms with E-state index in [0.717, 1.165) is 0 Å². The summed E-state index contributed by atoms with van der Waals surface area (Å²) in [4.78, 5) is 22.6. The number of furan rings is 1. The number of carbonyl (C=O) groups excluding carboxylic acids is 1. The molecule has 1 aromatic carbocycles. The van der Waals surface area contributed by atoms with E-state index in [1.54, 1.807) is 6.07 Å². The molecule has 98 valence electrons. The molecule has 1 aliphatic rings. The molecule has 0 bridgehead atoms. The lowest BCUT2D eigenvalue weighted by atomic mass is 9.88.